The van der Waals surface area contributed by atoms with Gasteiger partial charge in [0.2, 0.25) is 0 Å². The summed E-state index contributed by atoms with van der Waals surface area (Å²) in [6.45, 7) is 1.84. The number of imide groups is 2. The molecular formula is C22H22N4O5. The molecule has 2 aromatic rings. The van der Waals surface area contributed by atoms with E-state index in [2.05, 4.69) is 15.2 Å². The molecule has 2 saturated heterocycles. The van der Waals surface area contributed by atoms with Crippen LogP contribution in [0.4, 0.5) is 16.2 Å². The third kappa shape index (κ3) is 3.81. The van der Waals surface area contributed by atoms with Crippen LogP contribution in [-0.4, -0.2) is 50.1 Å². The van der Waals surface area contributed by atoms with Crippen molar-refractivity contribution in [3.63, 3.8) is 0 Å². The number of aromatic nitrogens is 1. The van der Waals surface area contributed by atoms with Crippen molar-refractivity contribution in [3.8, 4) is 11.5 Å². The number of benzene rings is 1. The molecule has 0 bridgehead atoms. The van der Waals surface area contributed by atoms with Gasteiger partial charge in [-0.1, -0.05) is 0 Å². The lowest BCUT2D eigenvalue weighted by Crippen LogP contribution is -2.54. The van der Waals surface area contributed by atoms with Gasteiger partial charge in [0.05, 0.1) is 31.8 Å². The number of nitrogens with one attached hydrogen (secondary N) is 1. The molecule has 2 aliphatic heterocycles. The Balaban J connectivity index is 1.76. The number of pyridine rings is 1. The monoisotopic (exact) mass is 422 g/mol. The fraction of sp³-hybridized carbons (Fsp3) is 0.273. The van der Waals surface area contributed by atoms with E-state index >= 15 is 0 Å². The fourth-order valence-electron chi connectivity index (χ4n) is 3.76. The van der Waals surface area contributed by atoms with Gasteiger partial charge in [-0.2, -0.15) is 0 Å². The van der Waals surface area contributed by atoms with E-state index in [-0.39, 0.29) is 11.3 Å². The van der Waals surface area contributed by atoms with Crippen molar-refractivity contribution < 1.29 is 23.9 Å². The highest BCUT2D eigenvalue weighted by molar-refractivity contribution is 6.39. The van der Waals surface area contributed by atoms with Gasteiger partial charge in [0.1, 0.15) is 17.1 Å². The maximum atomic E-state index is 13.0. The smallest absolute Gasteiger partial charge is 0.336 e. The second-order valence-corrected chi connectivity index (χ2v) is 7.13. The number of urea groups is 1. The minimum absolute atomic E-state index is 0.197. The van der Waals surface area contributed by atoms with Gasteiger partial charge in [-0.15, -0.1) is 0 Å². The molecule has 2 fully saturated rings. The van der Waals surface area contributed by atoms with E-state index < -0.39 is 17.8 Å². The van der Waals surface area contributed by atoms with E-state index in [0.717, 1.165) is 36.5 Å². The number of methoxy groups -OCH3 is 2. The maximum absolute atomic E-state index is 13.0. The van der Waals surface area contributed by atoms with Crippen molar-refractivity contribution in [2.45, 2.75) is 12.8 Å². The quantitative estimate of drug-likeness (QED) is 0.583. The second-order valence-electron chi connectivity index (χ2n) is 7.13. The molecule has 1 aromatic carbocycles. The number of barbiturate groups is 1. The lowest BCUT2D eigenvalue weighted by atomic mass is 10.0. The lowest BCUT2D eigenvalue weighted by molar-refractivity contribution is -0.122. The number of nitrogens with zero attached hydrogens (tertiary/aromatic N) is 3. The van der Waals surface area contributed by atoms with Crippen LogP contribution >= 0.6 is 0 Å². The van der Waals surface area contributed by atoms with Gasteiger partial charge >= 0.3 is 6.03 Å². The van der Waals surface area contributed by atoms with Crippen LogP contribution in [0.1, 0.15) is 18.4 Å². The average Bonchev–Trinajstić information content (AvgIpc) is 3.31. The van der Waals surface area contributed by atoms with Crippen LogP contribution in [0.15, 0.2) is 42.2 Å². The van der Waals surface area contributed by atoms with Gasteiger partial charge in [0.25, 0.3) is 11.8 Å². The van der Waals surface area contributed by atoms with Gasteiger partial charge < -0.3 is 14.4 Å². The Bertz CT molecular complexity index is 1060. The van der Waals surface area contributed by atoms with Crippen LogP contribution in [0.25, 0.3) is 6.08 Å². The number of amides is 4. The molecular weight excluding hydrogens is 400 g/mol. The molecule has 160 valence electrons. The summed E-state index contributed by atoms with van der Waals surface area (Å²) in [6.07, 6.45) is 6.51. The summed E-state index contributed by atoms with van der Waals surface area (Å²) < 4.78 is 11.1. The van der Waals surface area contributed by atoms with Crippen LogP contribution in [0.3, 0.4) is 0 Å². The van der Waals surface area contributed by atoms with Crippen molar-refractivity contribution in [1.29, 1.82) is 0 Å². The van der Waals surface area contributed by atoms with Gasteiger partial charge in [-0.3, -0.25) is 19.9 Å². The highest BCUT2D eigenvalue weighted by Gasteiger charge is 2.37. The molecule has 9 nitrogen and oxygen atoms in total. The first-order valence-electron chi connectivity index (χ1n) is 9.86. The normalized spacial score (nSPS) is 17.9. The highest BCUT2D eigenvalue weighted by Crippen LogP contribution is 2.38. The lowest BCUT2D eigenvalue weighted by Gasteiger charge is -2.26. The van der Waals surface area contributed by atoms with Gasteiger partial charge in [-0.25, -0.2) is 9.69 Å². The standard InChI is InChI=1S/C22H22N4O5/c1-30-18-12-17(25-8-3-4-9-25)19(31-2)11-14(18)10-16-20(27)24-22(29)26(21(16)28)15-6-5-7-23-13-15/h5-7,10-13H,3-4,8-9H2,1-2H3,(H,24,27,29)/b16-10+. The van der Waals surface area contributed by atoms with E-state index in [9.17, 15) is 14.4 Å². The van der Waals surface area contributed by atoms with E-state index in [0.29, 0.717) is 17.1 Å². The first-order chi connectivity index (χ1) is 15.0. The Morgan fingerprint density at radius 1 is 1.06 bits per heavy atom. The minimum atomic E-state index is -0.825. The van der Waals surface area contributed by atoms with Crippen molar-refractivity contribution in [3.05, 3.63) is 47.8 Å². The Morgan fingerprint density at radius 2 is 1.81 bits per heavy atom. The summed E-state index contributed by atoms with van der Waals surface area (Å²) in [4.78, 5) is 44.8. The molecule has 4 amide bonds. The molecule has 2 aliphatic rings. The van der Waals surface area contributed by atoms with E-state index in [1.807, 2.05) is 6.07 Å². The molecule has 1 aromatic heterocycles. The van der Waals surface area contributed by atoms with Crippen molar-refractivity contribution in [1.82, 2.24) is 10.3 Å². The number of carbonyl (C=O) groups excluding carboxylic acids is 3. The number of carbonyl (C=O) groups is 3. The van der Waals surface area contributed by atoms with E-state index in [1.54, 1.807) is 25.3 Å². The van der Waals surface area contributed by atoms with Gasteiger partial charge in [-0.05, 0) is 37.1 Å². The van der Waals surface area contributed by atoms with E-state index in [1.165, 1.54) is 25.6 Å². The predicted octanol–water partition coefficient (Wildman–Crippen LogP) is 2.37. The number of hydrogen-bond acceptors (Lipinski definition) is 7. The van der Waals surface area contributed by atoms with Gasteiger partial charge in [0, 0.05) is 30.9 Å². The first-order valence-corrected chi connectivity index (χ1v) is 9.86. The first kappa shape index (κ1) is 20.4. The largest absolute Gasteiger partial charge is 0.496 e. The molecule has 4 rings (SSSR count). The number of ether oxygens (including phenoxy) is 2. The van der Waals surface area contributed by atoms with Crippen LogP contribution in [-0.2, 0) is 9.59 Å². The van der Waals surface area contributed by atoms with Gasteiger partial charge in [0.15, 0.2) is 0 Å². The average molecular weight is 422 g/mol. The van der Waals surface area contributed by atoms with Crippen LogP contribution in [0.2, 0.25) is 0 Å². The van der Waals surface area contributed by atoms with Crippen LogP contribution < -0.4 is 24.6 Å². The molecule has 0 atom stereocenters. The number of hydrogen-bond donors (Lipinski definition) is 1. The summed E-state index contributed by atoms with van der Waals surface area (Å²) in [5, 5.41) is 2.20. The van der Waals surface area contributed by atoms with E-state index in [4.69, 9.17) is 9.47 Å². The molecule has 0 saturated carbocycles. The Hall–Kier alpha value is -3.88. The Kier molecular flexibility index (Phi) is 5.57. The molecule has 0 aliphatic carbocycles. The summed E-state index contributed by atoms with van der Waals surface area (Å²) in [5.74, 6) is -0.426. The number of anilines is 2. The third-order valence-corrected chi connectivity index (χ3v) is 5.28. The SMILES string of the molecule is COc1cc(N2CCCC2)c(OC)cc1/C=C1\C(=O)NC(=O)N(c2cccnc2)C1=O. The molecule has 3 heterocycles. The molecule has 1 N–H and O–H groups in total. The van der Waals surface area contributed by atoms with Crippen molar-refractivity contribution in [2.24, 2.45) is 0 Å². The zero-order chi connectivity index (χ0) is 22.0. The van der Waals surface area contributed by atoms with Crippen molar-refractivity contribution >= 4 is 35.3 Å². The molecule has 0 unspecified atom stereocenters. The molecule has 31 heavy (non-hydrogen) atoms. The summed E-state index contributed by atoms with van der Waals surface area (Å²) in [7, 11) is 3.09. The zero-order valence-corrected chi connectivity index (χ0v) is 17.3. The maximum Gasteiger partial charge on any atom is 0.336 e. The number of rotatable bonds is 5. The Morgan fingerprint density at radius 3 is 2.45 bits per heavy atom. The Labute approximate surface area is 179 Å². The third-order valence-electron chi connectivity index (χ3n) is 5.28. The van der Waals surface area contributed by atoms with Crippen molar-refractivity contribution in [2.75, 3.05) is 37.1 Å². The van der Waals surface area contributed by atoms with Crippen LogP contribution in [0, 0.1) is 0 Å². The second kappa shape index (κ2) is 8.47. The molecule has 0 spiro atoms. The predicted molar refractivity (Wildman–Crippen MR) is 114 cm³/mol. The topological polar surface area (TPSA) is 101 Å². The zero-order valence-electron chi connectivity index (χ0n) is 17.3. The molecule has 0 radical (unpaired) electrons. The fourth-order valence-corrected chi connectivity index (χ4v) is 3.76. The minimum Gasteiger partial charge on any atom is -0.496 e. The van der Waals surface area contributed by atoms with Crippen LogP contribution in [0.5, 0.6) is 11.5 Å². The summed E-state index contributed by atoms with van der Waals surface area (Å²) in [6, 6.07) is 5.90. The summed E-state index contributed by atoms with van der Waals surface area (Å²) >= 11 is 0. The highest BCUT2D eigenvalue weighted by atomic mass is 16.5. The molecule has 9 heteroatoms. The summed E-state index contributed by atoms with van der Waals surface area (Å²) in [5.41, 5.74) is 1.45.